The lowest BCUT2D eigenvalue weighted by atomic mass is 9.93. The summed E-state index contributed by atoms with van der Waals surface area (Å²) in [5.41, 5.74) is 1.49. The molecule has 108 valence electrons. The normalized spacial score (nSPS) is 16.0. The van der Waals surface area contributed by atoms with E-state index < -0.39 is 5.92 Å². The summed E-state index contributed by atoms with van der Waals surface area (Å²) in [4.78, 5) is 19.0. The molecule has 1 fully saturated rings. The second-order valence-electron chi connectivity index (χ2n) is 5.27. The summed E-state index contributed by atoms with van der Waals surface area (Å²) in [6.07, 6.45) is 3.78. The van der Waals surface area contributed by atoms with Crippen LogP contribution in [-0.4, -0.2) is 28.9 Å². The SMILES string of the molecule is O=C(C(c1ccc(F)cc1)c1ccccn1)N1CCCC1. The van der Waals surface area contributed by atoms with Crippen molar-refractivity contribution in [2.75, 3.05) is 13.1 Å². The van der Waals surface area contributed by atoms with Gasteiger partial charge in [0.15, 0.2) is 0 Å². The van der Waals surface area contributed by atoms with Crippen LogP contribution in [0.5, 0.6) is 0 Å². The number of halogens is 1. The van der Waals surface area contributed by atoms with E-state index in [-0.39, 0.29) is 11.7 Å². The maximum absolute atomic E-state index is 13.1. The van der Waals surface area contributed by atoms with Crippen molar-refractivity contribution >= 4 is 5.91 Å². The molecular weight excluding hydrogens is 267 g/mol. The number of benzene rings is 1. The number of carbonyl (C=O) groups excluding carboxylic acids is 1. The molecule has 0 N–H and O–H groups in total. The van der Waals surface area contributed by atoms with Crippen LogP contribution in [0.3, 0.4) is 0 Å². The van der Waals surface area contributed by atoms with Crippen LogP contribution in [0, 0.1) is 5.82 Å². The Hall–Kier alpha value is -2.23. The number of hydrogen-bond donors (Lipinski definition) is 0. The molecule has 21 heavy (non-hydrogen) atoms. The first-order valence-electron chi connectivity index (χ1n) is 7.21. The van der Waals surface area contributed by atoms with E-state index in [0.717, 1.165) is 31.5 Å². The van der Waals surface area contributed by atoms with E-state index >= 15 is 0 Å². The minimum Gasteiger partial charge on any atom is -0.342 e. The van der Waals surface area contributed by atoms with Crippen molar-refractivity contribution in [3.05, 3.63) is 65.7 Å². The Morgan fingerprint density at radius 1 is 1.10 bits per heavy atom. The zero-order valence-electron chi connectivity index (χ0n) is 11.7. The Morgan fingerprint density at radius 2 is 1.81 bits per heavy atom. The Morgan fingerprint density at radius 3 is 2.43 bits per heavy atom. The van der Waals surface area contributed by atoms with Crippen molar-refractivity contribution in [3.63, 3.8) is 0 Å². The summed E-state index contributed by atoms with van der Waals surface area (Å²) in [7, 11) is 0. The number of pyridine rings is 1. The molecule has 4 heteroatoms. The van der Waals surface area contributed by atoms with E-state index in [4.69, 9.17) is 0 Å². The van der Waals surface area contributed by atoms with E-state index in [1.165, 1.54) is 12.1 Å². The molecule has 0 spiro atoms. The number of carbonyl (C=O) groups is 1. The van der Waals surface area contributed by atoms with E-state index in [9.17, 15) is 9.18 Å². The zero-order chi connectivity index (χ0) is 14.7. The van der Waals surface area contributed by atoms with Crippen molar-refractivity contribution in [2.45, 2.75) is 18.8 Å². The number of amides is 1. The van der Waals surface area contributed by atoms with E-state index in [1.807, 2.05) is 23.1 Å². The fourth-order valence-electron chi connectivity index (χ4n) is 2.76. The minimum atomic E-state index is -0.454. The van der Waals surface area contributed by atoms with Crippen LogP contribution in [0.2, 0.25) is 0 Å². The van der Waals surface area contributed by atoms with Gasteiger partial charge in [-0.3, -0.25) is 9.78 Å². The third kappa shape index (κ3) is 2.94. The summed E-state index contributed by atoms with van der Waals surface area (Å²) in [5, 5.41) is 0. The monoisotopic (exact) mass is 284 g/mol. The highest BCUT2D eigenvalue weighted by molar-refractivity contribution is 5.86. The molecule has 1 unspecified atom stereocenters. The maximum Gasteiger partial charge on any atom is 0.236 e. The van der Waals surface area contributed by atoms with E-state index in [2.05, 4.69) is 4.98 Å². The molecule has 3 rings (SSSR count). The predicted molar refractivity (Wildman–Crippen MR) is 78.3 cm³/mol. The minimum absolute atomic E-state index is 0.0535. The van der Waals surface area contributed by atoms with Gasteiger partial charge in [0.2, 0.25) is 5.91 Å². The Bertz CT molecular complexity index is 606. The smallest absolute Gasteiger partial charge is 0.236 e. The molecule has 2 aromatic rings. The molecule has 1 aliphatic heterocycles. The third-order valence-corrected chi connectivity index (χ3v) is 3.85. The highest BCUT2D eigenvalue weighted by atomic mass is 19.1. The zero-order valence-corrected chi connectivity index (χ0v) is 11.7. The summed E-state index contributed by atoms with van der Waals surface area (Å²) >= 11 is 0. The largest absolute Gasteiger partial charge is 0.342 e. The summed E-state index contributed by atoms with van der Waals surface area (Å²) < 4.78 is 13.1. The third-order valence-electron chi connectivity index (χ3n) is 3.85. The highest BCUT2D eigenvalue weighted by Crippen LogP contribution is 2.27. The van der Waals surface area contributed by atoms with Gasteiger partial charge in [-0.25, -0.2) is 4.39 Å². The molecule has 1 aromatic heterocycles. The number of rotatable bonds is 3. The first-order valence-corrected chi connectivity index (χ1v) is 7.21. The predicted octanol–water partition coefficient (Wildman–Crippen LogP) is 2.98. The van der Waals surface area contributed by atoms with Crippen molar-refractivity contribution < 1.29 is 9.18 Å². The topological polar surface area (TPSA) is 33.2 Å². The first-order chi connectivity index (χ1) is 10.3. The fraction of sp³-hybridized carbons (Fsp3) is 0.294. The van der Waals surface area contributed by atoms with Gasteiger partial charge in [0.1, 0.15) is 11.7 Å². The molecule has 1 aliphatic rings. The molecular formula is C17H17FN2O. The number of likely N-dealkylation sites (tertiary alicyclic amines) is 1. The molecule has 1 aromatic carbocycles. The number of aromatic nitrogens is 1. The van der Waals surface area contributed by atoms with Crippen molar-refractivity contribution in [3.8, 4) is 0 Å². The fourth-order valence-corrected chi connectivity index (χ4v) is 2.76. The molecule has 0 saturated carbocycles. The first kappa shape index (κ1) is 13.7. The van der Waals surface area contributed by atoms with Crippen LogP contribution < -0.4 is 0 Å². The molecule has 1 atom stereocenters. The quantitative estimate of drug-likeness (QED) is 0.868. The van der Waals surface area contributed by atoms with E-state index in [1.54, 1.807) is 18.3 Å². The molecule has 0 radical (unpaired) electrons. The van der Waals surface area contributed by atoms with Gasteiger partial charge < -0.3 is 4.90 Å². The molecule has 0 aliphatic carbocycles. The van der Waals surface area contributed by atoms with Crippen LogP contribution in [0.4, 0.5) is 4.39 Å². The van der Waals surface area contributed by atoms with Gasteiger partial charge in [0.05, 0.1) is 5.69 Å². The molecule has 3 nitrogen and oxygen atoms in total. The Kier molecular flexibility index (Phi) is 3.95. The standard InChI is InChI=1S/C17H17FN2O/c18-14-8-6-13(7-9-14)16(15-5-1-2-10-19-15)17(21)20-11-3-4-12-20/h1-2,5-10,16H,3-4,11-12H2. The van der Waals surface area contributed by atoms with Crippen molar-refractivity contribution in [1.82, 2.24) is 9.88 Å². The summed E-state index contributed by atoms with van der Waals surface area (Å²) in [5.74, 6) is -0.699. The van der Waals surface area contributed by atoms with Gasteiger partial charge in [-0.2, -0.15) is 0 Å². The number of nitrogens with zero attached hydrogens (tertiary/aromatic N) is 2. The van der Waals surface area contributed by atoms with E-state index in [0.29, 0.717) is 5.69 Å². The van der Waals surface area contributed by atoms with Gasteiger partial charge in [0.25, 0.3) is 0 Å². The van der Waals surface area contributed by atoms with Gasteiger partial charge in [-0.15, -0.1) is 0 Å². The molecule has 2 heterocycles. The second-order valence-corrected chi connectivity index (χ2v) is 5.27. The van der Waals surface area contributed by atoms with Crippen LogP contribution in [0.1, 0.15) is 30.0 Å². The second kappa shape index (κ2) is 6.04. The molecule has 0 bridgehead atoms. The van der Waals surface area contributed by atoms with Crippen molar-refractivity contribution in [2.24, 2.45) is 0 Å². The summed E-state index contributed by atoms with van der Waals surface area (Å²) in [6, 6.07) is 11.7. The molecule has 1 amide bonds. The van der Waals surface area contributed by atoms with Gasteiger partial charge in [-0.1, -0.05) is 18.2 Å². The lowest BCUT2D eigenvalue weighted by molar-refractivity contribution is -0.130. The van der Waals surface area contributed by atoms with Gasteiger partial charge in [0, 0.05) is 19.3 Å². The number of hydrogen-bond acceptors (Lipinski definition) is 2. The van der Waals surface area contributed by atoms with Gasteiger partial charge >= 0.3 is 0 Å². The lowest BCUT2D eigenvalue weighted by Crippen LogP contribution is -2.33. The van der Waals surface area contributed by atoms with Crippen LogP contribution in [-0.2, 0) is 4.79 Å². The van der Waals surface area contributed by atoms with Gasteiger partial charge in [-0.05, 0) is 42.7 Å². The van der Waals surface area contributed by atoms with Crippen LogP contribution in [0.15, 0.2) is 48.7 Å². The summed E-state index contributed by atoms with van der Waals surface area (Å²) in [6.45, 7) is 1.59. The molecule has 1 saturated heterocycles. The maximum atomic E-state index is 13.1. The highest BCUT2D eigenvalue weighted by Gasteiger charge is 2.29. The van der Waals surface area contributed by atoms with Crippen molar-refractivity contribution in [1.29, 1.82) is 0 Å². The lowest BCUT2D eigenvalue weighted by Gasteiger charge is -2.23. The van der Waals surface area contributed by atoms with Crippen LogP contribution in [0.25, 0.3) is 0 Å². The average molecular weight is 284 g/mol. The Labute approximate surface area is 123 Å². The average Bonchev–Trinajstić information content (AvgIpc) is 3.05. The van der Waals surface area contributed by atoms with Crippen LogP contribution >= 0.6 is 0 Å². The Balaban J connectivity index is 1.98.